The molecule has 0 bridgehead atoms. The molecule has 0 aliphatic rings. The molecule has 4 N–H and O–H groups in total. The summed E-state index contributed by atoms with van der Waals surface area (Å²) in [6.07, 6.45) is 0. The highest BCUT2D eigenvalue weighted by Crippen LogP contribution is 2.40. The first-order chi connectivity index (χ1) is 8.48. The van der Waals surface area contributed by atoms with E-state index in [1.165, 1.54) is 0 Å². The van der Waals surface area contributed by atoms with E-state index in [0.717, 1.165) is 16.7 Å². The molecule has 0 fully saturated rings. The van der Waals surface area contributed by atoms with Gasteiger partial charge in [0.2, 0.25) is 0 Å². The van der Waals surface area contributed by atoms with Gasteiger partial charge in [0.05, 0.1) is 12.6 Å². The van der Waals surface area contributed by atoms with Crippen molar-refractivity contribution in [1.29, 1.82) is 0 Å². The average Bonchev–Trinajstić information content (AvgIpc) is 2.25. The predicted octanol–water partition coefficient (Wildman–Crippen LogP) is 2.98. The van der Waals surface area contributed by atoms with Crippen molar-refractivity contribution in [1.82, 2.24) is 0 Å². The van der Waals surface area contributed by atoms with Crippen molar-refractivity contribution in [3.8, 4) is 5.75 Å². The minimum absolute atomic E-state index is 0.0993. The lowest BCUT2D eigenvalue weighted by molar-refractivity contribution is 0.267. The molecule has 0 aliphatic heterocycles. The first-order valence-electron chi connectivity index (χ1n) is 6.72. The fourth-order valence-corrected chi connectivity index (χ4v) is 2.12. The Kier molecular flexibility index (Phi) is 4.33. The van der Waals surface area contributed by atoms with Crippen molar-refractivity contribution in [3.63, 3.8) is 0 Å². The molecule has 1 aromatic carbocycles. The molecule has 0 aromatic heterocycles. The summed E-state index contributed by atoms with van der Waals surface area (Å²) >= 11 is 0. The van der Waals surface area contributed by atoms with Gasteiger partial charge in [-0.05, 0) is 39.7 Å². The third kappa shape index (κ3) is 3.48. The van der Waals surface area contributed by atoms with Crippen LogP contribution in [0.4, 0.5) is 0 Å². The molecule has 1 aromatic rings. The van der Waals surface area contributed by atoms with Gasteiger partial charge in [0.15, 0.2) is 0 Å². The fraction of sp³-hybridized carbons (Fsp3) is 0.625. The molecular weight excluding hydrogens is 238 g/mol. The van der Waals surface area contributed by atoms with Crippen molar-refractivity contribution < 1.29 is 10.2 Å². The summed E-state index contributed by atoms with van der Waals surface area (Å²) in [4.78, 5) is 0. The number of benzene rings is 1. The zero-order valence-corrected chi connectivity index (χ0v) is 12.9. The van der Waals surface area contributed by atoms with Gasteiger partial charge in [0.25, 0.3) is 0 Å². The van der Waals surface area contributed by atoms with Crippen molar-refractivity contribution >= 4 is 0 Å². The molecule has 1 atom stereocenters. The van der Waals surface area contributed by atoms with Crippen molar-refractivity contribution in [2.45, 2.75) is 58.4 Å². The SMILES string of the molecule is CC(C)(C)c1cc([C@H](N)CO)cc(C(C)(C)C)c1O. The molecule has 19 heavy (non-hydrogen) atoms. The molecule has 1 rings (SSSR count). The Hall–Kier alpha value is -1.06. The molecule has 0 heterocycles. The van der Waals surface area contributed by atoms with Gasteiger partial charge >= 0.3 is 0 Å². The van der Waals surface area contributed by atoms with Crippen LogP contribution in [0.1, 0.15) is 64.3 Å². The number of rotatable bonds is 2. The lowest BCUT2D eigenvalue weighted by Crippen LogP contribution is -2.21. The summed E-state index contributed by atoms with van der Waals surface area (Å²) in [7, 11) is 0. The first kappa shape index (κ1) is 16.0. The van der Waals surface area contributed by atoms with Crippen molar-refractivity contribution in [2.24, 2.45) is 5.73 Å². The Morgan fingerprint density at radius 2 is 1.37 bits per heavy atom. The van der Waals surface area contributed by atoms with E-state index in [-0.39, 0.29) is 17.4 Å². The lowest BCUT2D eigenvalue weighted by Gasteiger charge is -2.29. The summed E-state index contributed by atoms with van der Waals surface area (Å²) in [6, 6.07) is 3.40. The van der Waals surface area contributed by atoms with Gasteiger partial charge in [-0.3, -0.25) is 0 Å². The molecule has 0 unspecified atom stereocenters. The smallest absolute Gasteiger partial charge is 0.123 e. The number of hydrogen-bond acceptors (Lipinski definition) is 3. The largest absolute Gasteiger partial charge is 0.507 e. The van der Waals surface area contributed by atoms with E-state index in [1.807, 2.05) is 12.1 Å². The number of aliphatic hydroxyl groups is 1. The number of hydrogen-bond donors (Lipinski definition) is 3. The van der Waals surface area contributed by atoms with Crippen LogP contribution in [0.3, 0.4) is 0 Å². The Labute approximate surface area is 116 Å². The second-order valence-corrected chi connectivity index (χ2v) is 7.25. The van der Waals surface area contributed by atoms with Gasteiger partial charge < -0.3 is 15.9 Å². The fourth-order valence-electron chi connectivity index (χ4n) is 2.12. The second kappa shape index (κ2) is 5.14. The normalized spacial score (nSPS) is 14.5. The summed E-state index contributed by atoms with van der Waals surface area (Å²) < 4.78 is 0. The van der Waals surface area contributed by atoms with Crippen LogP contribution in [0.15, 0.2) is 12.1 Å². The highest BCUT2D eigenvalue weighted by molar-refractivity contribution is 5.50. The van der Waals surface area contributed by atoms with Crippen LogP contribution in [0.25, 0.3) is 0 Å². The number of phenols is 1. The average molecular weight is 265 g/mol. The van der Waals surface area contributed by atoms with Crippen molar-refractivity contribution in [3.05, 3.63) is 28.8 Å². The standard InChI is InChI=1S/C16H27NO2/c1-15(2,3)11-7-10(13(17)9-18)8-12(14(11)19)16(4,5)6/h7-8,13,18-19H,9,17H2,1-6H3/t13-/m1/s1. The van der Waals surface area contributed by atoms with Crippen LogP contribution in [0.2, 0.25) is 0 Å². The highest BCUT2D eigenvalue weighted by atomic mass is 16.3. The van der Waals surface area contributed by atoms with Crippen LogP contribution >= 0.6 is 0 Å². The number of aliphatic hydroxyl groups excluding tert-OH is 1. The summed E-state index contributed by atoms with van der Waals surface area (Å²) in [5, 5.41) is 19.8. The Morgan fingerprint density at radius 3 is 1.63 bits per heavy atom. The zero-order valence-electron chi connectivity index (χ0n) is 12.9. The Balaban J connectivity index is 3.57. The van der Waals surface area contributed by atoms with E-state index in [9.17, 15) is 10.2 Å². The molecule has 0 saturated carbocycles. The van der Waals surface area contributed by atoms with Gasteiger partial charge in [-0.25, -0.2) is 0 Å². The van der Waals surface area contributed by atoms with Crippen LogP contribution in [-0.2, 0) is 10.8 Å². The van der Waals surface area contributed by atoms with E-state index < -0.39 is 6.04 Å². The van der Waals surface area contributed by atoms with E-state index in [4.69, 9.17) is 5.73 Å². The van der Waals surface area contributed by atoms with Gasteiger partial charge in [-0.1, -0.05) is 41.5 Å². The molecule has 0 radical (unpaired) electrons. The van der Waals surface area contributed by atoms with Gasteiger partial charge in [-0.15, -0.1) is 0 Å². The van der Waals surface area contributed by atoms with Crippen LogP contribution in [0, 0.1) is 0 Å². The topological polar surface area (TPSA) is 66.5 Å². The predicted molar refractivity (Wildman–Crippen MR) is 79.5 cm³/mol. The van der Waals surface area contributed by atoms with Crippen molar-refractivity contribution in [2.75, 3.05) is 6.61 Å². The minimum atomic E-state index is -0.414. The van der Waals surface area contributed by atoms with Gasteiger partial charge in [0.1, 0.15) is 5.75 Å². The highest BCUT2D eigenvalue weighted by Gasteiger charge is 2.27. The number of phenolic OH excluding ortho intramolecular Hbond substituents is 1. The maximum atomic E-state index is 10.5. The Bertz CT molecular complexity index is 418. The zero-order chi connectivity index (χ0) is 15.0. The molecule has 0 aliphatic carbocycles. The van der Waals surface area contributed by atoms with E-state index in [0.29, 0.717) is 5.75 Å². The minimum Gasteiger partial charge on any atom is -0.507 e. The summed E-state index contributed by atoms with van der Waals surface area (Å²) in [5.74, 6) is 0.342. The molecular formula is C16H27NO2. The second-order valence-electron chi connectivity index (χ2n) is 7.25. The van der Waals surface area contributed by atoms with Crippen LogP contribution in [-0.4, -0.2) is 16.8 Å². The molecule has 0 amide bonds. The molecule has 0 spiro atoms. The molecule has 0 saturated heterocycles. The summed E-state index contributed by atoms with van der Waals surface area (Å²) in [6.45, 7) is 12.3. The maximum Gasteiger partial charge on any atom is 0.123 e. The van der Waals surface area contributed by atoms with Gasteiger partial charge in [-0.2, -0.15) is 0 Å². The van der Waals surface area contributed by atoms with Gasteiger partial charge in [0, 0.05) is 0 Å². The van der Waals surface area contributed by atoms with Crippen LogP contribution in [0.5, 0.6) is 5.75 Å². The Morgan fingerprint density at radius 1 is 1.00 bits per heavy atom. The van der Waals surface area contributed by atoms with E-state index in [1.54, 1.807) is 0 Å². The third-order valence-electron chi connectivity index (χ3n) is 3.37. The maximum absolute atomic E-state index is 10.5. The first-order valence-corrected chi connectivity index (χ1v) is 6.72. The quantitative estimate of drug-likeness (QED) is 0.770. The molecule has 108 valence electrons. The lowest BCUT2D eigenvalue weighted by atomic mass is 9.78. The molecule has 3 nitrogen and oxygen atoms in total. The number of aromatic hydroxyl groups is 1. The van der Waals surface area contributed by atoms with Crippen LogP contribution < -0.4 is 5.73 Å². The third-order valence-corrected chi connectivity index (χ3v) is 3.37. The van der Waals surface area contributed by atoms with E-state index >= 15 is 0 Å². The summed E-state index contributed by atoms with van der Waals surface area (Å²) in [5.41, 5.74) is 8.21. The number of nitrogens with two attached hydrogens (primary N) is 1. The monoisotopic (exact) mass is 265 g/mol. The molecule has 3 heteroatoms. The van der Waals surface area contributed by atoms with E-state index in [2.05, 4.69) is 41.5 Å².